The van der Waals surface area contributed by atoms with Crippen LogP contribution in [0.5, 0.6) is 0 Å². The predicted octanol–water partition coefficient (Wildman–Crippen LogP) is 4.09. The molecule has 18 heavy (non-hydrogen) atoms. The summed E-state index contributed by atoms with van der Waals surface area (Å²) in [4.78, 5) is 10.4. The van der Waals surface area contributed by atoms with Crippen LogP contribution in [0.2, 0.25) is 0 Å². The Kier molecular flexibility index (Phi) is 4.02. The van der Waals surface area contributed by atoms with Gasteiger partial charge in [-0.15, -0.1) is 0 Å². The Hall–Kier alpha value is -0.390. The van der Waals surface area contributed by atoms with Crippen LogP contribution in [0.4, 0.5) is 0 Å². The number of hydrogen-bond acceptors (Lipinski definition) is 1. The van der Waals surface area contributed by atoms with Crippen LogP contribution in [-0.4, -0.2) is 18.2 Å². The summed E-state index contributed by atoms with van der Waals surface area (Å²) in [6.07, 6.45) is 0. The summed E-state index contributed by atoms with van der Waals surface area (Å²) in [5.74, 6) is 0. The topological polar surface area (TPSA) is 20.2 Å². The van der Waals surface area contributed by atoms with Crippen molar-refractivity contribution in [2.45, 2.75) is 52.4 Å². The maximum Gasteiger partial charge on any atom is 0.168 e. The first kappa shape index (κ1) is 15.7. The quantitative estimate of drug-likeness (QED) is 0.760. The number of benzene rings is 1. The molecule has 0 aliphatic carbocycles. The first-order chi connectivity index (χ1) is 7.83. The van der Waals surface area contributed by atoms with Gasteiger partial charge in [0.15, 0.2) is 7.49 Å². The van der Waals surface area contributed by atoms with Crippen molar-refractivity contribution in [2.24, 2.45) is 0 Å². The molecular formula is C16H28OP+. The first-order valence-corrected chi connectivity index (χ1v) is 9.19. The molecule has 0 atom stereocenters. The van der Waals surface area contributed by atoms with Crippen LogP contribution < -0.4 is 5.30 Å². The highest BCUT2D eigenvalue weighted by Gasteiger charge is 2.33. The predicted molar refractivity (Wildman–Crippen MR) is 84.5 cm³/mol. The van der Waals surface area contributed by atoms with Crippen molar-refractivity contribution >= 4 is 12.8 Å². The van der Waals surface area contributed by atoms with Gasteiger partial charge in [-0.05, 0) is 22.5 Å². The smallest absolute Gasteiger partial charge is 0.168 e. The van der Waals surface area contributed by atoms with Gasteiger partial charge in [-0.3, -0.25) is 0 Å². The van der Waals surface area contributed by atoms with E-state index in [1.807, 2.05) is 13.3 Å². The first-order valence-electron chi connectivity index (χ1n) is 6.56. The third-order valence-electron chi connectivity index (χ3n) is 3.26. The largest absolute Gasteiger partial charge is 0.247 e. The molecule has 1 N–H and O–H groups in total. The van der Waals surface area contributed by atoms with Gasteiger partial charge in [0, 0.05) is 5.56 Å². The van der Waals surface area contributed by atoms with Crippen molar-refractivity contribution < 1.29 is 4.89 Å². The third-order valence-corrected chi connectivity index (χ3v) is 4.83. The zero-order chi connectivity index (χ0) is 14.4. The molecule has 0 unspecified atom stereocenters. The minimum Gasteiger partial charge on any atom is -0.247 e. The molecule has 0 saturated heterocycles. The zero-order valence-electron chi connectivity index (χ0n) is 13.1. The standard InChI is InChI=1S/C16H28OP/c1-15(2,3)12-9-10-14(18(7,8)17)13(11-12)16(4,5)6/h9-11,17H,1-8H3/q+1. The van der Waals surface area contributed by atoms with Gasteiger partial charge in [-0.25, -0.2) is 4.89 Å². The second-order valence-corrected chi connectivity index (χ2v) is 10.9. The van der Waals surface area contributed by atoms with Crippen molar-refractivity contribution in [3.63, 3.8) is 0 Å². The van der Waals surface area contributed by atoms with Crippen LogP contribution in [0.25, 0.3) is 0 Å². The lowest BCUT2D eigenvalue weighted by Crippen LogP contribution is -2.26. The van der Waals surface area contributed by atoms with E-state index >= 15 is 0 Å². The molecule has 102 valence electrons. The van der Waals surface area contributed by atoms with E-state index in [-0.39, 0.29) is 10.8 Å². The van der Waals surface area contributed by atoms with E-state index in [1.165, 1.54) is 11.1 Å². The summed E-state index contributed by atoms with van der Waals surface area (Å²) in [6, 6.07) is 6.59. The van der Waals surface area contributed by atoms with Crippen LogP contribution in [0.3, 0.4) is 0 Å². The monoisotopic (exact) mass is 267 g/mol. The van der Waals surface area contributed by atoms with E-state index in [0.29, 0.717) is 0 Å². The lowest BCUT2D eigenvalue weighted by molar-refractivity contribution is 0.568. The van der Waals surface area contributed by atoms with Crippen LogP contribution in [0.1, 0.15) is 52.7 Å². The molecule has 0 fully saturated rings. The molecule has 0 aromatic heterocycles. The van der Waals surface area contributed by atoms with Crippen LogP contribution >= 0.6 is 7.49 Å². The van der Waals surface area contributed by atoms with Crippen LogP contribution in [0, 0.1) is 0 Å². The molecule has 0 aliphatic rings. The zero-order valence-corrected chi connectivity index (χ0v) is 14.0. The van der Waals surface area contributed by atoms with Crippen molar-refractivity contribution in [1.82, 2.24) is 0 Å². The third kappa shape index (κ3) is 3.56. The van der Waals surface area contributed by atoms with Crippen LogP contribution in [0.15, 0.2) is 18.2 Å². The Morgan fingerprint density at radius 1 is 0.889 bits per heavy atom. The highest BCUT2D eigenvalue weighted by Crippen LogP contribution is 2.47. The summed E-state index contributed by atoms with van der Waals surface area (Å²) in [5, 5.41) is 1.14. The SMILES string of the molecule is CC(C)(C)c1ccc([P+](C)(C)O)c(C(C)(C)C)c1. The van der Waals surface area contributed by atoms with E-state index in [1.54, 1.807) is 0 Å². The molecule has 1 rings (SSSR count). The van der Waals surface area contributed by atoms with E-state index in [9.17, 15) is 4.89 Å². The van der Waals surface area contributed by atoms with Gasteiger partial charge in [0.2, 0.25) is 0 Å². The molecule has 0 aliphatic heterocycles. The second kappa shape index (κ2) is 4.62. The van der Waals surface area contributed by atoms with Gasteiger partial charge in [-0.2, -0.15) is 0 Å². The van der Waals surface area contributed by atoms with Gasteiger partial charge in [0.25, 0.3) is 0 Å². The molecule has 1 aromatic carbocycles. The average Bonchev–Trinajstić information content (AvgIpc) is 2.12. The van der Waals surface area contributed by atoms with Gasteiger partial charge >= 0.3 is 0 Å². The Morgan fingerprint density at radius 2 is 1.39 bits per heavy atom. The Labute approximate surface area is 113 Å². The molecular weight excluding hydrogens is 239 g/mol. The number of hydrogen-bond donors (Lipinski definition) is 1. The number of rotatable bonds is 1. The fourth-order valence-corrected chi connectivity index (χ4v) is 3.51. The van der Waals surface area contributed by atoms with E-state index in [4.69, 9.17) is 0 Å². The maximum absolute atomic E-state index is 10.4. The summed E-state index contributed by atoms with van der Waals surface area (Å²) in [6.45, 7) is 17.3. The van der Waals surface area contributed by atoms with Gasteiger partial charge in [0.1, 0.15) is 5.30 Å². The molecule has 0 radical (unpaired) electrons. The summed E-state index contributed by atoms with van der Waals surface area (Å²) in [7, 11) is -1.97. The van der Waals surface area contributed by atoms with E-state index in [2.05, 4.69) is 59.7 Å². The highest BCUT2D eigenvalue weighted by molar-refractivity contribution is 7.76. The van der Waals surface area contributed by atoms with Gasteiger partial charge < -0.3 is 0 Å². The summed E-state index contributed by atoms with van der Waals surface area (Å²) >= 11 is 0. The molecule has 1 nitrogen and oxygen atoms in total. The van der Waals surface area contributed by atoms with E-state index in [0.717, 1.165) is 5.30 Å². The van der Waals surface area contributed by atoms with Crippen molar-refractivity contribution in [3.05, 3.63) is 29.3 Å². The Morgan fingerprint density at radius 3 is 1.72 bits per heavy atom. The Balaban J connectivity index is 3.50. The minimum absolute atomic E-state index is 0.0661. The fourth-order valence-electron chi connectivity index (χ4n) is 2.08. The average molecular weight is 267 g/mol. The molecule has 1 aromatic rings. The minimum atomic E-state index is -1.97. The second-order valence-electron chi connectivity index (χ2n) is 7.63. The summed E-state index contributed by atoms with van der Waals surface area (Å²) in [5.41, 5.74) is 2.84. The molecule has 0 heterocycles. The molecule has 0 spiro atoms. The fraction of sp³-hybridized carbons (Fsp3) is 0.625. The highest BCUT2D eigenvalue weighted by atomic mass is 31.2. The lowest BCUT2D eigenvalue weighted by Gasteiger charge is -2.28. The van der Waals surface area contributed by atoms with Gasteiger partial charge in [0.05, 0.1) is 13.3 Å². The van der Waals surface area contributed by atoms with E-state index < -0.39 is 7.49 Å². The summed E-state index contributed by atoms with van der Waals surface area (Å²) < 4.78 is 0. The normalized spacial score (nSPS) is 13.8. The molecule has 0 amide bonds. The maximum atomic E-state index is 10.4. The lowest BCUT2D eigenvalue weighted by atomic mass is 9.81. The van der Waals surface area contributed by atoms with Gasteiger partial charge in [-0.1, -0.05) is 53.7 Å². The molecule has 0 bridgehead atoms. The van der Waals surface area contributed by atoms with Crippen molar-refractivity contribution in [1.29, 1.82) is 0 Å². The molecule has 2 heteroatoms. The molecule has 0 saturated carbocycles. The van der Waals surface area contributed by atoms with Crippen molar-refractivity contribution in [2.75, 3.05) is 13.3 Å². The Bertz CT molecular complexity index is 428. The van der Waals surface area contributed by atoms with Crippen LogP contribution in [-0.2, 0) is 10.8 Å². The van der Waals surface area contributed by atoms with Crippen molar-refractivity contribution in [3.8, 4) is 0 Å².